The van der Waals surface area contributed by atoms with E-state index in [1.54, 1.807) is 12.1 Å². The number of hydrogen-bond acceptors (Lipinski definition) is 4. The number of nitrogens with zero attached hydrogens (tertiary/aromatic N) is 2. The third-order valence-electron chi connectivity index (χ3n) is 3.50. The number of hydrogen-bond donors (Lipinski definition) is 1. The van der Waals surface area contributed by atoms with E-state index in [-0.39, 0.29) is 0 Å². The van der Waals surface area contributed by atoms with E-state index in [9.17, 15) is 0 Å². The molecule has 0 bridgehead atoms. The fourth-order valence-electron chi connectivity index (χ4n) is 1.91. The lowest BCUT2D eigenvalue weighted by Crippen LogP contribution is -2.35. The van der Waals surface area contributed by atoms with Crippen LogP contribution in [-0.2, 0) is 12.0 Å². The highest BCUT2D eigenvalue weighted by Gasteiger charge is 2.29. The van der Waals surface area contributed by atoms with Gasteiger partial charge in [0.1, 0.15) is 0 Å². The fourth-order valence-corrected chi connectivity index (χ4v) is 2.23. The van der Waals surface area contributed by atoms with Crippen molar-refractivity contribution in [3.05, 3.63) is 45.5 Å². The molecular weight excluding hydrogens is 297 g/mol. The van der Waals surface area contributed by atoms with Gasteiger partial charge in [-0.15, -0.1) is 0 Å². The SMILES string of the molecule is CCC(N)(CC)c1nc(Cc2ccc(Cl)c(Cl)c2)no1. The third-order valence-corrected chi connectivity index (χ3v) is 4.24. The van der Waals surface area contributed by atoms with Crippen molar-refractivity contribution in [1.82, 2.24) is 10.1 Å². The van der Waals surface area contributed by atoms with Crippen LogP contribution in [0.4, 0.5) is 0 Å². The van der Waals surface area contributed by atoms with Gasteiger partial charge < -0.3 is 10.3 Å². The van der Waals surface area contributed by atoms with Gasteiger partial charge in [0.25, 0.3) is 0 Å². The summed E-state index contributed by atoms with van der Waals surface area (Å²) >= 11 is 11.9. The van der Waals surface area contributed by atoms with E-state index in [4.69, 9.17) is 33.5 Å². The van der Waals surface area contributed by atoms with Crippen molar-refractivity contribution in [3.63, 3.8) is 0 Å². The van der Waals surface area contributed by atoms with E-state index in [0.29, 0.717) is 28.2 Å². The van der Waals surface area contributed by atoms with Crippen LogP contribution in [0.5, 0.6) is 0 Å². The van der Waals surface area contributed by atoms with E-state index >= 15 is 0 Å². The van der Waals surface area contributed by atoms with Gasteiger partial charge in [0, 0.05) is 6.42 Å². The molecule has 2 aromatic rings. The summed E-state index contributed by atoms with van der Waals surface area (Å²) in [7, 11) is 0. The van der Waals surface area contributed by atoms with Crippen molar-refractivity contribution in [2.24, 2.45) is 5.73 Å². The molecule has 0 radical (unpaired) electrons. The van der Waals surface area contributed by atoms with Crippen LogP contribution < -0.4 is 5.73 Å². The van der Waals surface area contributed by atoms with Crippen LogP contribution in [0.1, 0.15) is 44.0 Å². The maximum atomic E-state index is 6.23. The summed E-state index contributed by atoms with van der Waals surface area (Å²) in [6.45, 7) is 4.01. The van der Waals surface area contributed by atoms with E-state index in [0.717, 1.165) is 18.4 Å². The lowest BCUT2D eigenvalue weighted by Gasteiger charge is -2.20. The second-order valence-corrected chi connectivity index (χ2v) is 5.62. The van der Waals surface area contributed by atoms with Crippen LogP contribution in [0.2, 0.25) is 10.0 Å². The molecule has 0 spiro atoms. The van der Waals surface area contributed by atoms with Crippen LogP contribution in [0.3, 0.4) is 0 Å². The number of aromatic nitrogens is 2. The van der Waals surface area contributed by atoms with Crippen molar-refractivity contribution in [1.29, 1.82) is 0 Å². The molecule has 2 rings (SSSR count). The quantitative estimate of drug-likeness (QED) is 0.908. The molecule has 0 fully saturated rings. The molecule has 0 aliphatic heterocycles. The zero-order valence-corrected chi connectivity index (χ0v) is 13.0. The standard InChI is InChI=1S/C14H17Cl2N3O/c1-3-14(17,4-2)13-18-12(19-20-13)8-9-5-6-10(15)11(16)7-9/h5-7H,3-4,8,17H2,1-2H3. The van der Waals surface area contributed by atoms with Gasteiger partial charge in [0.15, 0.2) is 5.82 Å². The van der Waals surface area contributed by atoms with Gasteiger partial charge in [-0.25, -0.2) is 0 Å². The number of halogens is 2. The molecule has 0 aliphatic rings. The fraction of sp³-hybridized carbons (Fsp3) is 0.429. The molecule has 0 unspecified atom stereocenters. The summed E-state index contributed by atoms with van der Waals surface area (Å²) in [6.07, 6.45) is 2.03. The molecule has 20 heavy (non-hydrogen) atoms. The van der Waals surface area contributed by atoms with Crippen LogP contribution >= 0.6 is 23.2 Å². The Kier molecular flexibility index (Phi) is 4.68. The molecule has 0 atom stereocenters. The van der Waals surface area contributed by atoms with E-state index in [1.165, 1.54) is 0 Å². The van der Waals surface area contributed by atoms with Crippen LogP contribution in [0.25, 0.3) is 0 Å². The average molecular weight is 314 g/mol. The summed E-state index contributed by atoms with van der Waals surface area (Å²) in [4.78, 5) is 4.39. The maximum Gasteiger partial charge on any atom is 0.246 e. The predicted molar refractivity (Wildman–Crippen MR) is 80.0 cm³/mol. The molecule has 1 aromatic carbocycles. The smallest absolute Gasteiger partial charge is 0.246 e. The third kappa shape index (κ3) is 3.14. The molecule has 0 saturated heterocycles. The van der Waals surface area contributed by atoms with Gasteiger partial charge >= 0.3 is 0 Å². The van der Waals surface area contributed by atoms with Crippen LogP contribution in [0.15, 0.2) is 22.7 Å². The van der Waals surface area contributed by atoms with E-state index < -0.39 is 5.54 Å². The van der Waals surface area contributed by atoms with Gasteiger partial charge in [-0.2, -0.15) is 4.98 Å². The normalized spacial score (nSPS) is 11.8. The Balaban J connectivity index is 2.19. The van der Waals surface area contributed by atoms with Crippen molar-refractivity contribution in [3.8, 4) is 0 Å². The van der Waals surface area contributed by atoms with E-state index in [1.807, 2.05) is 19.9 Å². The zero-order valence-electron chi connectivity index (χ0n) is 11.5. The van der Waals surface area contributed by atoms with E-state index in [2.05, 4.69) is 10.1 Å². The minimum atomic E-state index is -0.553. The first kappa shape index (κ1) is 15.3. The predicted octanol–water partition coefficient (Wildman–Crippen LogP) is 3.94. The topological polar surface area (TPSA) is 64.9 Å². The van der Waals surface area contributed by atoms with Gasteiger partial charge in [-0.1, -0.05) is 48.3 Å². The highest BCUT2D eigenvalue weighted by molar-refractivity contribution is 6.42. The number of benzene rings is 1. The Morgan fingerprint density at radius 1 is 1.20 bits per heavy atom. The number of nitrogens with two attached hydrogens (primary N) is 1. The molecule has 2 N–H and O–H groups in total. The largest absolute Gasteiger partial charge is 0.337 e. The number of rotatable bonds is 5. The minimum Gasteiger partial charge on any atom is -0.337 e. The molecule has 0 saturated carbocycles. The Morgan fingerprint density at radius 3 is 2.50 bits per heavy atom. The summed E-state index contributed by atoms with van der Waals surface area (Å²) in [5.41, 5.74) is 6.66. The molecule has 1 heterocycles. The average Bonchev–Trinajstić information content (AvgIpc) is 2.91. The highest BCUT2D eigenvalue weighted by atomic mass is 35.5. The summed E-state index contributed by atoms with van der Waals surface area (Å²) < 4.78 is 5.29. The Morgan fingerprint density at radius 2 is 1.90 bits per heavy atom. The first-order valence-corrected chi connectivity index (χ1v) is 7.30. The maximum absolute atomic E-state index is 6.23. The Labute approximate surface area is 128 Å². The molecule has 1 aromatic heterocycles. The summed E-state index contributed by atoms with van der Waals surface area (Å²) in [6, 6.07) is 5.44. The molecule has 0 amide bonds. The Hall–Kier alpha value is -1.10. The van der Waals surface area contributed by atoms with Gasteiger partial charge in [-0.05, 0) is 30.5 Å². The minimum absolute atomic E-state index is 0.484. The highest BCUT2D eigenvalue weighted by Crippen LogP contribution is 2.26. The Bertz CT molecular complexity index is 594. The molecule has 6 heteroatoms. The zero-order chi connectivity index (χ0) is 14.8. The van der Waals surface area contributed by atoms with Gasteiger partial charge in [-0.3, -0.25) is 0 Å². The van der Waals surface area contributed by atoms with Crippen molar-refractivity contribution in [2.75, 3.05) is 0 Å². The van der Waals surface area contributed by atoms with Crippen LogP contribution in [-0.4, -0.2) is 10.1 Å². The second kappa shape index (κ2) is 6.12. The van der Waals surface area contributed by atoms with Crippen molar-refractivity contribution in [2.45, 2.75) is 38.6 Å². The van der Waals surface area contributed by atoms with Gasteiger partial charge in [0.05, 0.1) is 15.6 Å². The van der Waals surface area contributed by atoms with Gasteiger partial charge in [0.2, 0.25) is 5.89 Å². The lowest BCUT2D eigenvalue weighted by atomic mass is 9.94. The first-order chi connectivity index (χ1) is 9.48. The van der Waals surface area contributed by atoms with Crippen molar-refractivity contribution >= 4 is 23.2 Å². The molecular formula is C14H17Cl2N3O. The summed E-state index contributed by atoms with van der Waals surface area (Å²) in [5.74, 6) is 1.08. The lowest BCUT2D eigenvalue weighted by molar-refractivity contribution is 0.267. The van der Waals surface area contributed by atoms with Crippen LogP contribution in [0, 0.1) is 0 Å². The molecule has 4 nitrogen and oxygen atoms in total. The van der Waals surface area contributed by atoms with Crippen molar-refractivity contribution < 1.29 is 4.52 Å². The molecule has 0 aliphatic carbocycles. The second-order valence-electron chi connectivity index (χ2n) is 4.80. The molecule has 108 valence electrons. The summed E-state index contributed by atoms with van der Waals surface area (Å²) in [5, 5.41) is 5.03. The monoisotopic (exact) mass is 313 g/mol. The first-order valence-electron chi connectivity index (χ1n) is 6.54.